The van der Waals surface area contributed by atoms with Crippen LogP contribution in [0.15, 0.2) is 18.2 Å². The molecule has 1 aromatic heterocycles. The lowest BCUT2D eigenvalue weighted by Gasteiger charge is -2.07. The van der Waals surface area contributed by atoms with E-state index in [1.165, 1.54) is 0 Å². The number of fused-ring (bicyclic) bond motifs is 1. The van der Waals surface area contributed by atoms with Crippen molar-refractivity contribution in [3.05, 3.63) is 35.0 Å². The summed E-state index contributed by atoms with van der Waals surface area (Å²) in [5.74, 6) is -0.905. The Morgan fingerprint density at radius 3 is 2.65 bits per heavy atom. The normalized spacial score (nSPS) is 11.2. The summed E-state index contributed by atoms with van der Waals surface area (Å²) in [5, 5.41) is 10.1. The van der Waals surface area contributed by atoms with Gasteiger partial charge in [-0.05, 0) is 56.6 Å². The van der Waals surface area contributed by atoms with E-state index in [2.05, 4.69) is 11.5 Å². The predicted molar refractivity (Wildman–Crippen MR) is 80.1 cm³/mol. The number of aromatic carboxylic acids is 1. The predicted octanol–water partition coefficient (Wildman–Crippen LogP) is 1.50. The van der Waals surface area contributed by atoms with Crippen molar-refractivity contribution in [3.8, 4) is 0 Å². The monoisotopic (exact) mass is 275 g/mol. The molecule has 0 amide bonds. The Balaban J connectivity index is 2.62. The quantitative estimate of drug-likeness (QED) is 0.744. The number of aryl methyl sites for hydroxylation is 1. The second-order valence-electron chi connectivity index (χ2n) is 4.93. The molecule has 0 spiro atoms. The fourth-order valence-corrected chi connectivity index (χ4v) is 2.68. The Bertz CT molecular complexity index is 632. The molecule has 0 saturated heterocycles. The number of carboxylic acid groups (broad SMARTS) is 1. The molecular weight excluding hydrogens is 254 g/mol. The number of aromatic nitrogens is 1. The first-order valence-electron chi connectivity index (χ1n) is 6.85. The van der Waals surface area contributed by atoms with Crippen LogP contribution in [0, 0.1) is 6.92 Å². The minimum Gasteiger partial charge on any atom is -0.478 e. The van der Waals surface area contributed by atoms with Gasteiger partial charge in [0.2, 0.25) is 0 Å². The van der Waals surface area contributed by atoms with Gasteiger partial charge in [-0.2, -0.15) is 0 Å². The van der Waals surface area contributed by atoms with Gasteiger partial charge < -0.3 is 21.1 Å². The lowest BCUT2D eigenvalue weighted by molar-refractivity contribution is 0.0697. The van der Waals surface area contributed by atoms with E-state index in [0.717, 1.165) is 41.5 Å². The van der Waals surface area contributed by atoms with Crippen LogP contribution >= 0.6 is 0 Å². The molecule has 0 radical (unpaired) electrons. The van der Waals surface area contributed by atoms with E-state index >= 15 is 0 Å². The van der Waals surface area contributed by atoms with Gasteiger partial charge >= 0.3 is 5.97 Å². The third kappa shape index (κ3) is 2.55. The topological polar surface area (TPSA) is 94.3 Å². The molecule has 0 aliphatic heterocycles. The fraction of sp³-hybridized carbons (Fsp3) is 0.400. The van der Waals surface area contributed by atoms with Crippen LogP contribution in [0.1, 0.15) is 28.0 Å². The number of hydrogen-bond donors (Lipinski definition) is 3. The largest absolute Gasteiger partial charge is 0.478 e. The molecule has 108 valence electrons. The molecule has 0 fully saturated rings. The zero-order chi connectivity index (χ0) is 14.7. The number of carboxylic acids is 1. The second-order valence-corrected chi connectivity index (χ2v) is 4.93. The highest BCUT2D eigenvalue weighted by molar-refractivity contribution is 5.95. The van der Waals surface area contributed by atoms with Crippen molar-refractivity contribution in [2.24, 2.45) is 11.5 Å². The first-order valence-corrected chi connectivity index (χ1v) is 6.85. The van der Waals surface area contributed by atoms with Crippen LogP contribution in [-0.2, 0) is 13.0 Å². The van der Waals surface area contributed by atoms with Gasteiger partial charge in [0.05, 0.1) is 5.56 Å². The van der Waals surface area contributed by atoms with Gasteiger partial charge in [0, 0.05) is 23.1 Å². The first-order chi connectivity index (χ1) is 9.60. The lowest BCUT2D eigenvalue weighted by atomic mass is 10.1. The van der Waals surface area contributed by atoms with E-state index in [1.807, 2.05) is 6.07 Å². The zero-order valence-electron chi connectivity index (χ0n) is 11.7. The summed E-state index contributed by atoms with van der Waals surface area (Å²) < 4.78 is 2.21. The van der Waals surface area contributed by atoms with Crippen LogP contribution in [0.25, 0.3) is 10.9 Å². The summed E-state index contributed by atoms with van der Waals surface area (Å²) in [6.45, 7) is 4.09. The van der Waals surface area contributed by atoms with E-state index in [0.29, 0.717) is 18.7 Å². The van der Waals surface area contributed by atoms with Crippen LogP contribution in [0.4, 0.5) is 0 Å². The molecule has 0 bridgehead atoms. The van der Waals surface area contributed by atoms with Crippen molar-refractivity contribution in [3.63, 3.8) is 0 Å². The highest BCUT2D eigenvalue weighted by atomic mass is 16.4. The maximum absolute atomic E-state index is 11.1. The van der Waals surface area contributed by atoms with Crippen LogP contribution < -0.4 is 11.5 Å². The maximum atomic E-state index is 11.1. The van der Waals surface area contributed by atoms with Crippen LogP contribution in [0.5, 0.6) is 0 Å². The molecule has 5 heteroatoms. The standard InChI is InChI=1S/C15H21N3O2/c1-10-12(5-7-17)13-9-11(15(19)20)3-4-14(13)18(10)8-2-6-16/h3-4,9H,2,5-8,16-17H2,1H3,(H,19,20). The average molecular weight is 275 g/mol. The molecule has 0 aliphatic carbocycles. The van der Waals surface area contributed by atoms with Gasteiger partial charge in [0.15, 0.2) is 0 Å². The molecule has 5 nitrogen and oxygen atoms in total. The number of rotatable bonds is 6. The molecule has 2 aromatic rings. The summed E-state index contributed by atoms with van der Waals surface area (Å²) in [6.07, 6.45) is 1.65. The van der Waals surface area contributed by atoms with Crippen molar-refractivity contribution in [2.45, 2.75) is 26.3 Å². The molecule has 0 atom stereocenters. The lowest BCUT2D eigenvalue weighted by Crippen LogP contribution is -2.08. The fourth-order valence-electron chi connectivity index (χ4n) is 2.68. The SMILES string of the molecule is Cc1c(CCN)c2cc(C(=O)O)ccc2n1CCCN. The highest BCUT2D eigenvalue weighted by Crippen LogP contribution is 2.27. The van der Waals surface area contributed by atoms with E-state index in [4.69, 9.17) is 16.6 Å². The molecular formula is C15H21N3O2. The van der Waals surface area contributed by atoms with Crippen molar-refractivity contribution in [1.82, 2.24) is 4.57 Å². The molecule has 1 aromatic carbocycles. The highest BCUT2D eigenvalue weighted by Gasteiger charge is 2.15. The Labute approximate surface area is 118 Å². The minimum atomic E-state index is -0.905. The van der Waals surface area contributed by atoms with E-state index < -0.39 is 5.97 Å². The van der Waals surface area contributed by atoms with E-state index in [9.17, 15) is 4.79 Å². The van der Waals surface area contributed by atoms with E-state index in [-0.39, 0.29) is 0 Å². The number of hydrogen-bond acceptors (Lipinski definition) is 3. The smallest absolute Gasteiger partial charge is 0.335 e. The summed E-state index contributed by atoms with van der Waals surface area (Å²) in [6, 6.07) is 5.27. The second kappa shape index (κ2) is 6.07. The molecule has 5 N–H and O–H groups in total. The van der Waals surface area contributed by atoms with Gasteiger partial charge in [0.25, 0.3) is 0 Å². The van der Waals surface area contributed by atoms with Crippen LogP contribution in [0.2, 0.25) is 0 Å². The first kappa shape index (κ1) is 14.6. The van der Waals surface area contributed by atoms with Crippen molar-refractivity contribution < 1.29 is 9.90 Å². The zero-order valence-corrected chi connectivity index (χ0v) is 11.7. The van der Waals surface area contributed by atoms with Gasteiger partial charge in [-0.25, -0.2) is 4.79 Å². The van der Waals surface area contributed by atoms with Gasteiger partial charge in [-0.1, -0.05) is 0 Å². The molecule has 20 heavy (non-hydrogen) atoms. The number of carbonyl (C=O) groups is 1. The van der Waals surface area contributed by atoms with Gasteiger partial charge in [-0.15, -0.1) is 0 Å². The van der Waals surface area contributed by atoms with Gasteiger partial charge in [-0.3, -0.25) is 0 Å². The van der Waals surface area contributed by atoms with E-state index in [1.54, 1.807) is 12.1 Å². The summed E-state index contributed by atoms with van der Waals surface area (Å²) in [7, 11) is 0. The summed E-state index contributed by atoms with van der Waals surface area (Å²) in [4.78, 5) is 11.1. The van der Waals surface area contributed by atoms with Crippen LogP contribution in [0.3, 0.4) is 0 Å². The number of nitrogens with two attached hydrogens (primary N) is 2. The number of nitrogens with zero attached hydrogens (tertiary/aromatic N) is 1. The third-order valence-corrected chi connectivity index (χ3v) is 3.68. The van der Waals surface area contributed by atoms with Crippen LogP contribution in [-0.4, -0.2) is 28.7 Å². The van der Waals surface area contributed by atoms with Gasteiger partial charge in [0.1, 0.15) is 0 Å². The summed E-state index contributed by atoms with van der Waals surface area (Å²) in [5.41, 5.74) is 14.9. The molecule has 1 heterocycles. The van der Waals surface area contributed by atoms with Crippen molar-refractivity contribution >= 4 is 16.9 Å². The summed E-state index contributed by atoms with van der Waals surface area (Å²) >= 11 is 0. The maximum Gasteiger partial charge on any atom is 0.335 e. The Morgan fingerprint density at radius 1 is 1.30 bits per heavy atom. The molecule has 2 rings (SSSR count). The molecule has 0 aliphatic rings. The number of benzene rings is 1. The van der Waals surface area contributed by atoms with Crippen molar-refractivity contribution in [2.75, 3.05) is 13.1 Å². The minimum absolute atomic E-state index is 0.312. The Kier molecular flexibility index (Phi) is 4.42. The molecule has 0 saturated carbocycles. The Hall–Kier alpha value is -1.85. The Morgan fingerprint density at radius 2 is 2.05 bits per heavy atom. The third-order valence-electron chi connectivity index (χ3n) is 3.68. The van der Waals surface area contributed by atoms with Crippen molar-refractivity contribution in [1.29, 1.82) is 0 Å². The molecule has 0 unspecified atom stereocenters. The average Bonchev–Trinajstić information content (AvgIpc) is 2.69.